The van der Waals surface area contributed by atoms with Gasteiger partial charge < -0.3 is 4.74 Å². The number of unbranched alkanes of at least 4 members (excludes halogenated alkanes) is 5. The third-order valence-corrected chi connectivity index (χ3v) is 2.87. The van der Waals surface area contributed by atoms with Crippen LogP contribution in [0.1, 0.15) is 55.8 Å². The first kappa shape index (κ1) is 14.7. The molecule has 3 heteroatoms. The lowest BCUT2D eigenvalue weighted by Crippen LogP contribution is -1.98. The van der Waals surface area contributed by atoms with E-state index in [0.717, 1.165) is 12.8 Å². The molecule has 0 aromatic heterocycles. The summed E-state index contributed by atoms with van der Waals surface area (Å²) in [6.07, 6.45) is 7.69. The van der Waals surface area contributed by atoms with Gasteiger partial charge in [0.25, 0.3) is 0 Å². The number of carbonyl (C=O) groups is 1. The van der Waals surface area contributed by atoms with Gasteiger partial charge in [0.1, 0.15) is 11.6 Å². The van der Waals surface area contributed by atoms with Gasteiger partial charge in [0.05, 0.1) is 12.2 Å². The number of benzene rings is 1. The van der Waals surface area contributed by atoms with Gasteiger partial charge in [-0.3, -0.25) is 4.79 Å². The Bertz CT molecular complexity index is 364. The van der Waals surface area contributed by atoms with Crippen LogP contribution < -0.4 is 4.74 Å². The molecule has 0 aliphatic rings. The van der Waals surface area contributed by atoms with Crippen molar-refractivity contribution in [2.75, 3.05) is 6.61 Å². The van der Waals surface area contributed by atoms with Crippen LogP contribution in [-0.2, 0) is 0 Å². The maximum Gasteiger partial charge on any atom is 0.152 e. The first-order chi connectivity index (χ1) is 8.77. The van der Waals surface area contributed by atoms with Crippen LogP contribution in [0.2, 0.25) is 0 Å². The summed E-state index contributed by atoms with van der Waals surface area (Å²) in [6, 6.07) is 4.34. The summed E-state index contributed by atoms with van der Waals surface area (Å²) in [6.45, 7) is 2.80. The Balaban J connectivity index is 2.19. The van der Waals surface area contributed by atoms with Gasteiger partial charge in [-0.25, -0.2) is 4.39 Å². The first-order valence-electron chi connectivity index (χ1n) is 6.65. The highest BCUT2D eigenvalue weighted by Crippen LogP contribution is 2.16. The highest BCUT2D eigenvalue weighted by atomic mass is 19.1. The number of ether oxygens (including phenoxy) is 1. The maximum absolute atomic E-state index is 13.3. The molecule has 0 heterocycles. The Labute approximate surface area is 108 Å². The van der Waals surface area contributed by atoms with Gasteiger partial charge in [-0.1, -0.05) is 39.0 Å². The largest absolute Gasteiger partial charge is 0.493 e. The SMILES string of the molecule is CCCCCCCCOc1ccc(C=O)c(F)c1. The molecule has 0 N–H and O–H groups in total. The van der Waals surface area contributed by atoms with Crippen LogP contribution in [0.3, 0.4) is 0 Å². The number of carbonyl (C=O) groups excluding carboxylic acids is 1. The van der Waals surface area contributed by atoms with Crippen molar-refractivity contribution < 1.29 is 13.9 Å². The average Bonchev–Trinajstić information content (AvgIpc) is 2.38. The quantitative estimate of drug-likeness (QED) is 0.481. The lowest BCUT2D eigenvalue weighted by Gasteiger charge is -2.06. The average molecular weight is 252 g/mol. The number of hydrogen-bond acceptors (Lipinski definition) is 2. The van der Waals surface area contributed by atoms with Gasteiger partial charge in [0.2, 0.25) is 0 Å². The Morgan fingerprint density at radius 2 is 1.89 bits per heavy atom. The van der Waals surface area contributed by atoms with Crippen LogP contribution >= 0.6 is 0 Å². The number of aldehydes is 1. The Kier molecular flexibility index (Phi) is 7.07. The molecular formula is C15H21FO2. The molecule has 0 aliphatic carbocycles. The van der Waals surface area contributed by atoms with Crippen molar-refractivity contribution in [3.8, 4) is 5.75 Å². The summed E-state index contributed by atoms with van der Waals surface area (Å²) < 4.78 is 18.7. The van der Waals surface area contributed by atoms with E-state index in [4.69, 9.17) is 4.74 Å². The van der Waals surface area contributed by atoms with Crippen molar-refractivity contribution in [3.05, 3.63) is 29.6 Å². The van der Waals surface area contributed by atoms with Crippen LogP contribution in [0.5, 0.6) is 5.75 Å². The molecule has 0 saturated carbocycles. The highest BCUT2D eigenvalue weighted by molar-refractivity contribution is 5.75. The van der Waals surface area contributed by atoms with Crippen molar-refractivity contribution >= 4 is 6.29 Å². The maximum atomic E-state index is 13.3. The van der Waals surface area contributed by atoms with Crippen molar-refractivity contribution in [1.29, 1.82) is 0 Å². The van der Waals surface area contributed by atoms with Gasteiger partial charge in [-0.15, -0.1) is 0 Å². The minimum Gasteiger partial charge on any atom is -0.493 e. The predicted molar refractivity (Wildman–Crippen MR) is 70.7 cm³/mol. The van der Waals surface area contributed by atoms with E-state index >= 15 is 0 Å². The van der Waals surface area contributed by atoms with E-state index in [-0.39, 0.29) is 5.56 Å². The first-order valence-corrected chi connectivity index (χ1v) is 6.65. The Morgan fingerprint density at radius 3 is 2.56 bits per heavy atom. The van der Waals surface area contributed by atoms with E-state index in [2.05, 4.69) is 6.92 Å². The number of hydrogen-bond donors (Lipinski definition) is 0. The molecule has 0 aliphatic heterocycles. The van der Waals surface area contributed by atoms with Gasteiger partial charge >= 0.3 is 0 Å². The molecule has 100 valence electrons. The molecule has 1 rings (SSSR count). The summed E-state index contributed by atoms with van der Waals surface area (Å²) in [4.78, 5) is 10.4. The van der Waals surface area contributed by atoms with Crippen LogP contribution in [0.25, 0.3) is 0 Å². The van der Waals surface area contributed by atoms with Crippen LogP contribution in [0.15, 0.2) is 18.2 Å². The molecule has 1 aromatic rings. The number of rotatable bonds is 9. The second kappa shape index (κ2) is 8.67. The third-order valence-electron chi connectivity index (χ3n) is 2.87. The zero-order chi connectivity index (χ0) is 13.2. The van der Waals surface area contributed by atoms with Crippen molar-refractivity contribution in [3.63, 3.8) is 0 Å². The van der Waals surface area contributed by atoms with Crippen molar-refractivity contribution in [2.45, 2.75) is 45.4 Å². The molecular weight excluding hydrogens is 231 g/mol. The molecule has 0 atom stereocenters. The summed E-state index contributed by atoms with van der Waals surface area (Å²) >= 11 is 0. The van der Waals surface area contributed by atoms with E-state index in [1.807, 2.05) is 0 Å². The summed E-state index contributed by atoms with van der Waals surface area (Å²) in [5, 5.41) is 0. The normalized spacial score (nSPS) is 10.3. The highest BCUT2D eigenvalue weighted by Gasteiger charge is 2.02. The molecule has 1 aromatic carbocycles. The van der Waals surface area contributed by atoms with Gasteiger partial charge in [0, 0.05) is 6.07 Å². The standard InChI is InChI=1S/C15H21FO2/c1-2-3-4-5-6-7-10-18-14-9-8-13(12-17)15(16)11-14/h8-9,11-12H,2-7,10H2,1H3. The summed E-state index contributed by atoms with van der Waals surface area (Å²) in [5.74, 6) is -0.0305. The van der Waals surface area contributed by atoms with Gasteiger partial charge in [0.15, 0.2) is 6.29 Å². The van der Waals surface area contributed by atoms with Gasteiger partial charge in [-0.05, 0) is 18.6 Å². The smallest absolute Gasteiger partial charge is 0.152 e. The second-order valence-electron chi connectivity index (χ2n) is 4.42. The minimum atomic E-state index is -0.523. The minimum absolute atomic E-state index is 0.0712. The summed E-state index contributed by atoms with van der Waals surface area (Å²) in [7, 11) is 0. The van der Waals surface area contributed by atoms with E-state index in [1.165, 1.54) is 37.8 Å². The Morgan fingerprint density at radius 1 is 1.17 bits per heavy atom. The molecule has 0 amide bonds. The molecule has 0 fully saturated rings. The molecule has 0 bridgehead atoms. The fourth-order valence-corrected chi connectivity index (χ4v) is 1.77. The third kappa shape index (κ3) is 5.30. The van der Waals surface area contributed by atoms with E-state index in [1.54, 1.807) is 6.07 Å². The number of halogens is 1. The topological polar surface area (TPSA) is 26.3 Å². The van der Waals surface area contributed by atoms with E-state index in [9.17, 15) is 9.18 Å². The molecule has 18 heavy (non-hydrogen) atoms. The fraction of sp³-hybridized carbons (Fsp3) is 0.533. The molecule has 2 nitrogen and oxygen atoms in total. The molecule has 0 unspecified atom stereocenters. The van der Waals surface area contributed by atoms with Crippen LogP contribution in [0, 0.1) is 5.82 Å². The molecule has 0 radical (unpaired) electrons. The van der Waals surface area contributed by atoms with E-state index < -0.39 is 5.82 Å². The van der Waals surface area contributed by atoms with E-state index in [0.29, 0.717) is 18.6 Å². The summed E-state index contributed by atoms with van der Waals surface area (Å²) in [5.41, 5.74) is 0.0712. The zero-order valence-corrected chi connectivity index (χ0v) is 11.0. The lowest BCUT2D eigenvalue weighted by atomic mass is 10.1. The van der Waals surface area contributed by atoms with Crippen LogP contribution in [0.4, 0.5) is 4.39 Å². The predicted octanol–water partition coefficient (Wildman–Crippen LogP) is 4.38. The van der Waals surface area contributed by atoms with Crippen molar-refractivity contribution in [1.82, 2.24) is 0 Å². The van der Waals surface area contributed by atoms with Crippen molar-refractivity contribution in [2.24, 2.45) is 0 Å². The molecule has 0 spiro atoms. The lowest BCUT2D eigenvalue weighted by molar-refractivity contribution is 0.111. The Hall–Kier alpha value is -1.38. The zero-order valence-electron chi connectivity index (χ0n) is 11.0. The monoisotopic (exact) mass is 252 g/mol. The fourth-order valence-electron chi connectivity index (χ4n) is 1.77. The second-order valence-corrected chi connectivity index (χ2v) is 4.42. The van der Waals surface area contributed by atoms with Crippen LogP contribution in [-0.4, -0.2) is 12.9 Å². The molecule has 0 saturated heterocycles. The van der Waals surface area contributed by atoms with Gasteiger partial charge in [-0.2, -0.15) is 0 Å².